The summed E-state index contributed by atoms with van der Waals surface area (Å²) in [6.45, 7) is 0. The van der Waals surface area contributed by atoms with Crippen LogP contribution in [-0.4, -0.2) is 23.5 Å². The molecule has 4 nitrogen and oxygen atoms in total. The fourth-order valence-corrected chi connectivity index (χ4v) is 3.60. The smallest absolute Gasteiger partial charge is 0.336 e. The lowest BCUT2D eigenvalue weighted by Gasteiger charge is -2.06. The molecule has 0 atom stereocenters. The van der Waals surface area contributed by atoms with Crippen molar-refractivity contribution in [3.63, 3.8) is 0 Å². The van der Waals surface area contributed by atoms with Crippen LogP contribution in [0.25, 0.3) is 11.1 Å². The molecule has 1 aromatic rings. The van der Waals surface area contributed by atoms with E-state index in [2.05, 4.69) is 5.10 Å². The first-order valence-electron chi connectivity index (χ1n) is 5.50. The molecule has 0 spiro atoms. The van der Waals surface area contributed by atoms with E-state index >= 15 is 0 Å². The van der Waals surface area contributed by atoms with E-state index in [0.717, 1.165) is 29.3 Å². The Balaban J connectivity index is 2.75. The van der Waals surface area contributed by atoms with E-state index in [0.29, 0.717) is 0 Å². The Morgan fingerprint density at radius 2 is 2.06 bits per heavy atom. The highest BCUT2D eigenvalue weighted by molar-refractivity contribution is 7.98. The normalized spacial score (nSPS) is 12.7. The quantitative estimate of drug-likeness (QED) is 0.366. The van der Waals surface area contributed by atoms with Crippen LogP contribution in [0.3, 0.4) is 0 Å². The number of hydrogen-bond donors (Lipinski definition) is 0. The van der Waals surface area contributed by atoms with Crippen LogP contribution in [0.1, 0.15) is 17.5 Å². The monoisotopic (exact) mass is 276 g/mol. The van der Waals surface area contributed by atoms with Crippen molar-refractivity contribution >= 4 is 35.1 Å². The minimum absolute atomic E-state index is 0.0318. The molecule has 2 rings (SSSR count). The molecule has 0 radical (unpaired) electrons. The minimum Gasteiger partial charge on any atom is -0.757 e. The number of rotatable bonds is 3. The summed E-state index contributed by atoms with van der Waals surface area (Å²) in [5.74, 6) is 1.92. The van der Waals surface area contributed by atoms with Crippen LogP contribution in [0.4, 0.5) is 0 Å². The van der Waals surface area contributed by atoms with Crippen LogP contribution in [0.5, 0.6) is 0 Å². The number of fused-ring (bicyclic) bond motifs is 1. The fourth-order valence-electron chi connectivity index (χ4n) is 2.19. The van der Waals surface area contributed by atoms with Gasteiger partial charge in [0, 0.05) is 16.2 Å². The number of thioether (sulfide) groups is 2. The van der Waals surface area contributed by atoms with Gasteiger partial charge in [-0.2, -0.15) is 11.1 Å². The molecule has 0 fully saturated rings. The molecule has 1 heterocycles. The van der Waals surface area contributed by atoms with Crippen molar-refractivity contribution in [3.05, 3.63) is 16.5 Å². The van der Waals surface area contributed by atoms with E-state index in [1.54, 1.807) is 23.5 Å². The van der Waals surface area contributed by atoms with E-state index in [1.807, 2.05) is 24.5 Å². The summed E-state index contributed by atoms with van der Waals surface area (Å²) in [7, 11) is 0. The molecule has 18 heavy (non-hydrogen) atoms. The zero-order valence-corrected chi connectivity index (χ0v) is 11.9. The van der Waals surface area contributed by atoms with E-state index in [4.69, 9.17) is 10.7 Å². The van der Waals surface area contributed by atoms with Crippen molar-refractivity contribution in [2.75, 3.05) is 12.5 Å². The summed E-state index contributed by atoms with van der Waals surface area (Å²) in [5, 5.41) is 24.4. The van der Waals surface area contributed by atoms with Gasteiger partial charge in [0.05, 0.1) is 0 Å². The van der Waals surface area contributed by atoms with Gasteiger partial charge in [-0.1, -0.05) is 11.8 Å². The predicted octanol–water partition coefficient (Wildman–Crippen LogP) is 1.91. The second-order valence-electron chi connectivity index (χ2n) is 3.81. The van der Waals surface area contributed by atoms with Gasteiger partial charge in [0.15, 0.2) is 11.1 Å². The molecule has 0 saturated heterocycles. The molecule has 92 valence electrons. The largest absolute Gasteiger partial charge is 0.757 e. The van der Waals surface area contributed by atoms with Gasteiger partial charge in [-0.3, -0.25) is 0 Å². The van der Waals surface area contributed by atoms with Crippen molar-refractivity contribution < 1.29 is 4.68 Å². The van der Waals surface area contributed by atoms with Gasteiger partial charge in [-0.15, -0.1) is 11.8 Å². The van der Waals surface area contributed by atoms with E-state index in [-0.39, 0.29) is 5.70 Å². The first-order valence-corrected chi connectivity index (χ1v) is 7.95. The van der Waals surface area contributed by atoms with Crippen LogP contribution < -0.4 is 4.68 Å². The Labute approximate surface area is 115 Å². The Bertz CT molecular complexity index is 583. The highest BCUT2D eigenvalue weighted by atomic mass is 32.2. The van der Waals surface area contributed by atoms with Gasteiger partial charge < -0.3 is 5.41 Å². The summed E-state index contributed by atoms with van der Waals surface area (Å²) in [6, 6.07) is 1.92. The van der Waals surface area contributed by atoms with E-state index < -0.39 is 0 Å². The molecule has 0 unspecified atom stereocenters. The van der Waals surface area contributed by atoms with Gasteiger partial charge >= 0.3 is 5.70 Å². The molecule has 1 aromatic heterocycles. The van der Waals surface area contributed by atoms with Crippen molar-refractivity contribution in [2.45, 2.75) is 29.3 Å². The first-order chi connectivity index (χ1) is 8.76. The standard InChI is InChI=1S/C12H12N4S2/c1-17-11-9-4-3-5-10(9)12(18-2)16(15-11)8(6-13)7-14/h3-5H2,1-2H3. The molecular weight excluding hydrogens is 264 g/mol. The average molecular weight is 276 g/mol. The number of nitrogens with zero attached hydrogens (tertiary/aromatic N) is 4. The highest BCUT2D eigenvalue weighted by Gasteiger charge is 2.30. The van der Waals surface area contributed by atoms with Crippen molar-refractivity contribution in [1.29, 1.82) is 5.26 Å². The van der Waals surface area contributed by atoms with Crippen molar-refractivity contribution in [3.8, 4) is 6.07 Å². The average Bonchev–Trinajstić information content (AvgIpc) is 2.88. The van der Waals surface area contributed by atoms with Crippen molar-refractivity contribution in [1.82, 2.24) is 5.10 Å². The maximum Gasteiger partial charge on any atom is 0.336 e. The number of hydrogen-bond acceptors (Lipinski definition) is 4. The molecule has 0 saturated carbocycles. The number of nitriles is 1. The summed E-state index contributed by atoms with van der Waals surface area (Å²) in [4.78, 5) is 0. The third kappa shape index (κ3) is 2.05. The molecule has 1 aliphatic carbocycles. The summed E-state index contributed by atoms with van der Waals surface area (Å²) in [5.41, 5.74) is 2.58. The number of aromatic nitrogens is 2. The first kappa shape index (κ1) is 13.2. The molecule has 6 heteroatoms. The SMILES string of the molecule is CSc1n[n+](C(=C=[N-])C#N)c(SC)c2c1CCC2. The molecule has 0 aliphatic heterocycles. The van der Waals surface area contributed by atoms with Crippen molar-refractivity contribution in [2.24, 2.45) is 0 Å². The van der Waals surface area contributed by atoms with Crippen LogP contribution in [0.15, 0.2) is 10.1 Å². The summed E-state index contributed by atoms with van der Waals surface area (Å²) in [6.07, 6.45) is 7.10. The van der Waals surface area contributed by atoms with Gasteiger partial charge in [-0.05, 0) is 36.5 Å². The molecule has 1 aliphatic rings. The second-order valence-corrected chi connectivity index (χ2v) is 5.40. The Morgan fingerprint density at radius 3 is 2.61 bits per heavy atom. The third-order valence-electron chi connectivity index (χ3n) is 2.93. The molecule has 0 aromatic carbocycles. The van der Waals surface area contributed by atoms with Crippen LogP contribution in [-0.2, 0) is 12.8 Å². The summed E-state index contributed by atoms with van der Waals surface area (Å²) < 4.78 is 1.50. The highest BCUT2D eigenvalue weighted by Crippen LogP contribution is 2.33. The van der Waals surface area contributed by atoms with E-state index in [1.165, 1.54) is 15.8 Å². The third-order valence-corrected chi connectivity index (χ3v) is 4.45. The zero-order valence-electron chi connectivity index (χ0n) is 10.2. The maximum atomic E-state index is 9.03. The Kier molecular flexibility index (Phi) is 4.07. The fraction of sp³-hybridized carbons (Fsp3) is 0.417. The lowest BCUT2D eigenvalue weighted by Crippen LogP contribution is -2.40. The predicted molar refractivity (Wildman–Crippen MR) is 73.7 cm³/mol. The lowest BCUT2D eigenvalue weighted by molar-refractivity contribution is -0.684. The minimum atomic E-state index is 0.0318. The molecular formula is C12H12N4S2. The topological polar surface area (TPSA) is 62.9 Å². The van der Waals surface area contributed by atoms with Crippen LogP contribution in [0, 0.1) is 11.3 Å². The number of allylic oxidation sites excluding steroid dienone is 1. The molecule has 0 N–H and O–H groups in total. The van der Waals surface area contributed by atoms with Gasteiger partial charge in [0.1, 0.15) is 0 Å². The molecule has 0 bridgehead atoms. The molecule has 0 amide bonds. The van der Waals surface area contributed by atoms with Crippen LogP contribution >= 0.6 is 23.5 Å². The Hall–Kier alpha value is -1.28. The summed E-state index contributed by atoms with van der Waals surface area (Å²) >= 11 is 3.12. The zero-order chi connectivity index (χ0) is 13.1. The van der Waals surface area contributed by atoms with Crippen LogP contribution in [0.2, 0.25) is 0 Å². The maximum absolute atomic E-state index is 9.03. The van der Waals surface area contributed by atoms with Gasteiger partial charge in [-0.25, -0.2) is 0 Å². The van der Waals surface area contributed by atoms with Gasteiger partial charge in [0.25, 0.3) is 5.03 Å². The Morgan fingerprint density at radius 1 is 1.33 bits per heavy atom. The second kappa shape index (κ2) is 5.57. The van der Waals surface area contributed by atoms with Gasteiger partial charge in [0.2, 0.25) is 0 Å². The lowest BCUT2D eigenvalue weighted by atomic mass is 10.2. The van der Waals surface area contributed by atoms with E-state index in [9.17, 15) is 0 Å².